The zero-order valence-electron chi connectivity index (χ0n) is 11.4. The molecule has 0 spiro atoms. The standard InChI is InChI=1S/C19H17N/c1-16-12-14-19(15-13-16)20(17-8-4-2-5-9-17)18-10-6-3-7-11-18/h2-12,14-15H,1,13H2. The van der Waals surface area contributed by atoms with E-state index >= 15 is 0 Å². The molecule has 1 nitrogen and oxygen atoms in total. The average Bonchev–Trinajstić information content (AvgIpc) is 2.52. The van der Waals surface area contributed by atoms with Gasteiger partial charge < -0.3 is 4.90 Å². The van der Waals surface area contributed by atoms with Gasteiger partial charge in [0.05, 0.1) is 0 Å². The van der Waals surface area contributed by atoms with Crippen LogP contribution >= 0.6 is 0 Å². The minimum Gasteiger partial charge on any atom is -0.311 e. The van der Waals surface area contributed by atoms with Crippen molar-refractivity contribution in [3.63, 3.8) is 0 Å². The summed E-state index contributed by atoms with van der Waals surface area (Å²) in [7, 11) is 0. The zero-order chi connectivity index (χ0) is 13.8. The van der Waals surface area contributed by atoms with Gasteiger partial charge in [-0.1, -0.05) is 60.7 Å². The summed E-state index contributed by atoms with van der Waals surface area (Å²) in [6, 6.07) is 20.9. The summed E-state index contributed by atoms with van der Waals surface area (Å²) in [6.45, 7) is 4.00. The van der Waals surface area contributed by atoms with E-state index in [1.807, 2.05) is 12.1 Å². The van der Waals surface area contributed by atoms with E-state index < -0.39 is 0 Å². The van der Waals surface area contributed by atoms with Crippen LogP contribution in [0.15, 0.2) is 96.7 Å². The smallest absolute Gasteiger partial charge is 0.0461 e. The monoisotopic (exact) mass is 259 g/mol. The van der Waals surface area contributed by atoms with Crippen LogP contribution in [-0.2, 0) is 0 Å². The molecule has 20 heavy (non-hydrogen) atoms. The number of hydrogen-bond acceptors (Lipinski definition) is 1. The highest BCUT2D eigenvalue weighted by molar-refractivity contribution is 5.70. The summed E-state index contributed by atoms with van der Waals surface area (Å²) in [6.07, 6.45) is 7.35. The van der Waals surface area contributed by atoms with Crippen LogP contribution in [-0.4, -0.2) is 0 Å². The van der Waals surface area contributed by atoms with Crippen LogP contribution in [0, 0.1) is 0 Å². The topological polar surface area (TPSA) is 3.24 Å². The lowest BCUT2D eigenvalue weighted by molar-refractivity contribution is 1.14. The maximum Gasteiger partial charge on any atom is 0.0461 e. The Hall–Kier alpha value is -2.54. The van der Waals surface area contributed by atoms with E-state index in [9.17, 15) is 0 Å². The zero-order valence-corrected chi connectivity index (χ0v) is 11.4. The van der Waals surface area contributed by atoms with Crippen LogP contribution < -0.4 is 4.90 Å². The molecule has 0 unspecified atom stereocenters. The van der Waals surface area contributed by atoms with E-state index in [0.717, 1.165) is 12.0 Å². The van der Waals surface area contributed by atoms with Crippen molar-refractivity contribution in [3.05, 3.63) is 96.7 Å². The first-order chi connectivity index (χ1) is 9.84. The van der Waals surface area contributed by atoms with Gasteiger partial charge in [-0.15, -0.1) is 0 Å². The fraction of sp³-hybridized carbons (Fsp3) is 0.0526. The molecule has 0 radical (unpaired) electrons. The molecule has 2 aromatic carbocycles. The van der Waals surface area contributed by atoms with Crippen molar-refractivity contribution < 1.29 is 0 Å². The van der Waals surface area contributed by atoms with Crippen LogP contribution in [0.2, 0.25) is 0 Å². The summed E-state index contributed by atoms with van der Waals surface area (Å²) < 4.78 is 0. The molecular formula is C19H17N. The first kappa shape index (κ1) is 12.5. The fourth-order valence-corrected chi connectivity index (χ4v) is 2.34. The molecule has 0 aromatic heterocycles. The van der Waals surface area contributed by atoms with Gasteiger partial charge in [0, 0.05) is 17.1 Å². The molecule has 1 aliphatic carbocycles. The summed E-state index contributed by atoms with van der Waals surface area (Å²) in [5, 5.41) is 0. The van der Waals surface area contributed by atoms with Crippen molar-refractivity contribution in [1.82, 2.24) is 0 Å². The Morgan fingerprint density at radius 1 is 0.750 bits per heavy atom. The van der Waals surface area contributed by atoms with E-state index in [1.54, 1.807) is 0 Å². The van der Waals surface area contributed by atoms with Gasteiger partial charge in [0.1, 0.15) is 0 Å². The molecule has 3 rings (SSSR count). The fourth-order valence-electron chi connectivity index (χ4n) is 2.34. The van der Waals surface area contributed by atoms with Crippen molar-refractivity contribution in [3.8, 4) is 0 Å². The SMILES string of the molecule is C=C1C=CC(N(c2ccccc2)c2ccccc2)=CC1. The van der Waals surface area contributed by atoms with Gasteiger partial charge in [0.15, 0.2) is 0 Å². The molecule has 1 aliphatic rings. The Bertz CT molecular complexity index is 611. The second kappa shape index (κ2) is 5.62. The molecule has 0 saturated carbocycles. The molecule has 0 bridgehead atoms. The second-order valence-corrected chi connectivity index (χ2v) is 4.83. The highest BCUT2D eigenvalue weighted by Crippen LogP contribution is 2.31. The predicted molar refractivity (Wildman–Crippen MR) is 86.0 cm³/mol. The van der Waals surface area contributed by atoms with Crippen LogP contribution in [0.3, 0.4) is 0 Å². The largest absolute Gasteiger partial charge is 0.311 e. The minimum absolute atomic E-state index is 0.905. The van der Waals surface area contributed by atoms with Crippen LogP contribution in [0.5, 0.6) is 0 Å². The highest BCUT2D eigenvalue weighted by Gasteiger charge is 2.13. The lowest BCUT2D eigenvalue weighted by atomic mass is 10.1. The quantitative estimate of drug-likeness (QED) is 0.730. The highest BCUT2D eigenvalue weighted by atomic mass is 15.1. The van der Waals surface area contributed by atoms with Gasteiger partial charge in [-0.05, 0) is 36.8 Å². The summed E-state index contributed by atoms with van der Waals surface area (Å²) in [5.74, 6) is 0. The van der Waals surface area contributed by atoms with E-state index in [-0.39, 0.29) is 0 Å². The number of benzene rings is 2. The first-order valence-electron chi connectivity index (χ1n) is 6.81. The molecule has 2 aromatic rings. The maximum absolute atomic E-state index is 4.00. The Balaban J connectivity index is 2.05. The van der Waals surface area contributed by atoms with Crippen molar-refractivity contribution >= 4 is 11.4 Å². The molecule has 0 heterocycles. The predicted octanol–water partition coefficient (Wildman–Crippen LogP) is 5.22. The number of anilines is 2. The lowest BCUT2D eigenvalue weighted by Gasteiger charge is -2.27. The van der Waals surface area contributed by atoms with Gasteiger partial charge in [0.25, 0.3) is 0 Å². The average molecular weight is 259 g/mol. The van der Waals surface area contributed by atoms with Gasteiger partial charge in [0.2, 0.25) is 0 Å². The Morgan fingerprint density at radius 2 is 1.30 bits per heavy atom. The Labute approximate surface area is 120 Å². The number of allylic oxidation sites excluding steroid dienone is 4. The molecule has 98 valence electrons. The molecular weight excluding hydrogens is 242 g/mol. The normalized spacial score (nSPS) is 14.0. The van der Waals surface area contributed by atoms with Gasteiger partial charge in [-0.2, -0.15) is 0 Å². The third kappa shape index (κ3) is 2.57. The van der Waals surface area contributed by atoms with Crippen molar-refractivity contribution in [2.45, 2.75) is 6.42 Å². The summed E-state index contributed by atoms with van der Waals surface area (Å²) >= 11 is 0. The van der Waals surface area contributed by atoms with Crippen molar-refractivity contribution in [2.24, 2.45) is 0 Å². The van der Waals surface area contributed by atoms with E-state index in [2.05, 4.69) is 78.2 Å². The first-order valence-corrected chi connectivity index (χ1v) is 6.81. The summed E-state index contributed by atoms with van der Waals surface area (Å²) in [4.78, 5) is 2.27. The number of rotatable bonds is 3. The van der Waals surface area contributed by atoms with Crippen molar-refractivity contribution in [1.29, 1.82) is 0 Å². The number of nitrogens with zero attached hydrogens (tertiary/aromatic N) is 1. The van der Waals surface area contributed by atoms with Crippen molar-refractivity contribution in [2.75, 3.05) is 4.90 Å². The Morgan fingerprint density at radius 3 is 1.75 bits per heavy atom. The molecule has 0 N–H and O–H groups in total. The minimum atomic E-state index is 0.905. The molecule has 0 aliphatic heterocycles. The van der Waals surface area contributed by atoms with E-state index in [0.29, 0.717) is 0 Å². The third-order valence-electron chi connectivity index (χ3n) is 3.35. The molecule has 1 heteroatoms. The van der Waals surface area contributed by atoms with E-state index in [1.165, 1.54) is 17.1 Å². The van der Waals surface area contributed by atoms with Gasteiger partial charge in [-0.3, -0.25) is 0 Å². The van der Waals surface area contributed by atoms with Gasteiger partial charge >= 0.3 is 0 Å². The van der Waals surface area contributed by atoms with E-state index in [4.69, 9.17) is 0 Å². The molecule has 0 fully saturated rings. The Kier molecular flexibility index (Phi) is 3.51. The number of para-hydroxylation sites is 2. The third-order valence-corrected chi connectivity index (χ3v) is 3.35. The van der Waals surface area contributed by atoms with Crippen LogP contribution in [0.4, 0.5) is 11.4 Å². The van der Waals surface area contributed by atoms with Crippen LogP contribution in [0.25, 0.3) is 0 Å². The molecule has 0 amide bonds. The number of hydrogen-bond donors (Lipinski definition) is 0. The summed E-state index contributed by atoms with van der Waals surface area (Å²) in [5.41, 5.74) is 4.67. The lowest BCUT2D eigenvalue weighted by Crippen LogP contribution is -2.16. The maximum atomic E-state index is 4.00. The van der Waals surface area contributed by atoms with Crippen LogP contribution in [0.1, 0.15) is 6.42 Å². The molecule has 0 saturated heterocycles. The van der Waals surface area contributed by atoms with Gasteiger partial charge in [-0.25, -0.2) is 0 Å². The second-order valence-electron chi connectivity index (χ2n) is 4.83. The molecule has 0 atom stereocenters.